The standard InChI is InChI=1S/C28H27N3O4S/c1-17-7-9-21(10-8-17)14-31-27-23(19(3)29-31)13-26(36-27)28(33)35-16-25(32)24-12-18(2)30(20(24)4)15-22-6-5-11-34-22/h5-13H,14-16H2,1-4H3. The van der Waals surface area contributed by atoms with Gasteiger partial charge in [0.15, 0.2) is 6.61 Å². The van der Waals surface area contributed by atoms with Crippen LogP contribution in [0.15, 0.2) is 59.2 Å². The fourth-order valence-electron chi connectivity index (χ4n) is 4.35. The number of esters is 1. The van der Waals surface area contributed by atoms with Crippen molar-refractivity contribution in [3.8, 4) is 0 Å². The smallest absolute Gasteiger partial charge is 0.348 e. The second-order valence-electron chi connectivity index (χ2n) is 9.01. The highest BCUT2D eigenvalue weighted by Crippen LogP contribution is 2.29. The molecule has 4 heterocycles. The average molecular weight is 502 g/mol. The zero-order valence-electron chi connectivity index (χ0n) is 20.7. The number of thiophene rings is 1. The lowest BCUT2D eigenvalue weighted by Crippen LogP contribution is -2.14. The maximum atomic E-state index is 12.9. The summed E-state index contributed by atoms with van der Waals surface area (Å²) in [7, 11) is 0. The third kappa shape index (κ3) is 4.64. The zero-order valence-corrected chi connectivity index (χ0v) is 21.5. The zero-order chi connectivity index (χ0) is 25.4. The molecule has 0 N–H and O–H groups in total. The summed E-state index contributed by atoms with van der Waals surface area (Å²) in [6.45, 7) is 8.66. The van der Waals surface area contributed by atoms with E-state index in [4.69, 9.17) is 9.15 Å². The molecular weight excluding hydrogens is 474 g/mol. The van der Waals surface area contributed by atoms with Crippen LogP contribution in [0.5, 0.6) is 0 Å². The molecule has 7 nitrogen and oxygen atoms in total. The van der Waals surface area contributed by atoms with E-state index in [9.17, 15) is 9.59 Å². The number of benzene rings is 1. The van der Waals surface area contributed by atoms with Crippen LogP contribution in [-0.2, 0) is 17.8 Å². The molecule has 0 aliphatic rings. The van der Waals surface area contributed by atoms with Gasteiger partial charge in [-0.1, -0.05) is 29.8 Å². The molecule has 0 spiro atoms. The van der Waals surface area contributed by atoms with Crippen LogP contribution in [0.25, 0.3) is 10.2 Å². The fourth-order valence-corrected chi connectivity index (χ4v) is 5.41. The number of hydrogen-bond donors (Lipinski definition) is 0. The van der Waals surface area contributed by atoms with Crippen molar-refractivity contribution >= 4 is 33.3 Å². The van der Waals surface area contributed by atoms with Gasteiger partial charge in [-0.05, 0) is 57.5 Å². The summed E-state index contributed by atoms with van der Waals surface area (Å²) in [5.41, 5.74) is 5.50. The Bertz CT molecular complexity index is 1550. The number of ketones is 1. The Hall–Kier alpha value is -3.91. The Morgan fingerprint density at radius 3 is 2.53 bits per heavy atom. The molecule has 5 aromatic rings. The second-order valence-corrected chi connectivity index (χ2v) is 10.0. The molecule has 4 aromatic heterocycles. The predicted molar refractivity (Wildman–Crippen MR) is 139 cm³/mol. The summed E-state index contributed by atoms with van der Waals surface area (Å²) in [6, 6.07) is 15.7. The Labute approximate surface area is 212 Å². The highest BCUT2D eigenvalue weighted by Gasteiger charge is 2.21. The normalized spacial score (nSPS) is 11.3. The van der Waals surface area contributed by atoms with Gasteiger partial charge in [0.25, 0.3) is 0 Å². The molecule has 1 aromatic carbocycles. The van der Waals surface area contributed by atoms with Gasteiger partial charge in [0.2, 0.25) is 5.78 Å². The van der Waals surface area contributed by atoms with Crippen LogP contribution in [-0.4, -0.2) is 32.7 Å². The van der Waals surface area contributed by atoms with Gasteiger partial charge in [-0.15, -0.1) is 11.3 Å². The number of furan rings is 1. The third-order valence-electron chi connectivity index (χ3n) is 6.36. The second kappa shape index (κ2) is 9.62. The molecule has 0 bridgehead atoms. The van der Waals surface area contributed by atoms with Crippen molar-refractivity contribution < 1.29 is 18.7 Å². The Balaban J connectivity index is 1.28. The van der Waals surface area contributed by atoms with Gasteiger partial charge >= 0.3 is 5.97 Å². The lowest BCUT2D eigenvalue weighted by molar-refractivity contribution is 0.0479. The third-order valence-corrected chi connectivity index (χ3v) is 7.49. The number of rotatable bonds is 8. The molecule has 0 aliphatic carbocycles. The van der Waals surface area contributed by atoms with Gasteiger partial charge in [0.1, 0.15) is 15.5 Å². The van der Waals surface area contributed by atoms with Crippen LogP contribution < -0.4 is 0 Å². The molecule has 8 heteroatoms. The van der Waals surface area contributed by atoms with E-state index >= 15 is 0 Å². The van der Waals surface area contributed by atoms with E-state index in [1.54, 1.807) is 12.3 Å². The summed E-state index contributed by atoms with van der Waals surface area (Å²) < 4.78 is 14.8. The van der Waals surface area contributed by atoms with Crippen LogP contribution in [0.3, 0.4) is 0 Å². The largest absolute Gasteiger partial charge is 0.467 e. The van der Waals surface area contributed by atoms with Crippen molar-refractivity contribution in [3.05, 3.63) is 99.2 Å². The monoisotopic (exact) mass is 501 g/mol. The summed E-state index contributed by atoms with van der Waals surface area (Å²) in [4.78, 5) is 27.1. The van der Waals surface area contributed by atoms with Gasteiger partial charge in [-0.3, -0.25) is 9.48 Å². The van der Waals surface area contributed by atoms with E-state index in [0.29, 0.717) is 23.5 Å². The molecule has 5 rings (SSSR count). The minimum absolute atomic E-state index is 0.231. The minimum Gasteiger partial charge on any atom is -0.467 e. The Kier molecular flexibility index (Phi) is 6.36. The number of carbonyl (C=O) groups excluding carboxylic acids is 2. The van der Waals surface area contributed by atoms with Crippen molar-refractivity contribution in [2.45, 2.75) is 40.8 Å². The number of aromatic nitrogens is 3. The number of carbonyl (C=O) groups is 2. The molecule has 0 fully saturated rings. The van der Waals surface area contributed by atoms with Crippen LogP contribution in [0.1, 0.15) is 54.0 Å². The first-order valence-corrected chi connectivity index (χ1v) is 12.5. The van der Waals surface area contributed by atoms with Crippen LogP contribution in [0.2, 0.25) is 0 Å². The summed E-state index contributed by atoms with van der Waals surface area (Å²) >= 11 is 1.33. The molecule has 184 valence electrons. The van der Waals surface area contributed by atoms with Gasteiger partial charge in [-0.25, -0.2) is 4.79 Å². The summed E-state index contributed by atoms with van der Waals surface area (Å²) in [6.07, 6.45) is 1.63. The summed E-state index contributed by atoms with van der Waals surface area (Å²) in [5.74, 6) is 0.0726. The topological polar surface area (TPSA) is 79.3 Å². The van der Waals surface area contributed by atoms with Gasteiger partial charge < -0.3 is 13.7 Å². The first-order valence-electron chi connectivity index (χ1n) is 11.7. The molecular formula is C28H27N3O4S. The van der Waals surface area contributed by atoms with E-state index in [0.717, 1.165) is 38.6 Å². The van der Waals surface area contributed by atoms with E-state index in [1.165, 1.54) is 16.9 Å². The molecule has 36 heavy (non-hydrogen) atoms. The molecule has 0 saturated heterocycles. The van der Waals surface area contributed by atoms with Gasteiger partial charge in [0.05, 0.1) is 25.0 Å². The van der Waals surface area contributed by atoms with Crippen LogP contribution in [0.4, 0.5) is 0 Å². The van der Waals surface area contributed by atoms with E-state index < -0.39 is 5.97 Å². The molecule has 0 saturated carbocycles. The fraction of sp³-hybridized carbons (Fsp3) is 0.250. The number of Topliss-reactive ketones (excluding diaryl/α,β-unsaturated/α-hetero) is 1. The number of fused-ring (bicyclic) bond motifs is 1. The average Bonchev–Trinajstić information content (AvgIpc) is 3.63. The van der Waals surface area contributed by atoms with Crippen molar-refractivity contribution in [2.24, 2.45) is 0 Å². The highest BCUT2D eigenvalue weighted by molar-refractivity contribution is 7.20. The van der Waals surface area contributed by atoms with Crippen molar-refractivity contribution in [3.63, 3.8) is 0 Å². The predicted octanol–water partition coefficient (Wildman–Crippen LogP) is 5.86. The highest BCUT2D eigenvalue weighted by atomic mass is 32.1. The molecule has 0 aliphatic heterocycles. The number of nitrogens with zero attached hydrogens (tertiary/aromatic N) is 3. The molecule has 0 unspecified atom stereocenters. The number of ether oxygens (including phenoxy) is 1. The van der Waals surface area contributed by atoms with Gasteiger partial charge in [-0.2, -0.15) is 5.10 Å². The lowest BCUT2D eigenvalue weighted by Gasteiger charge is -2.08. The molecule has 0 atom stereocenters. The maximum absolute atomic E-state index is 12.9. The minimum atomic E-state index is -0.504. The maximum Gasteiger partial charge on any atom is 0.348 e. The first kappa shape index (κ1) is 23.8. The molecule has 0 radical (unpaired) electrons. The van der Waals surface area contributed by atoms with Crippen LogP contribution in [0, 0.1) is 27.7 Å². The lowest BCUT2D eigenvalue weighted by atomic mass is 10.1. The SMILES string of the molecule is Cc1ccc(Cn2nc(C)c3cc(C(=O)OCC(=O)c4cc(C)n(Cc5ccco5)c4C)sc32)cc1. The number of aryl methyl sites for hydroxylation is 3. The van der Waals surface area contributed by atoms with E-state index in [-0.39, 0.29) is 12.4 Å². The van der Waals surface area contributed by atoms with E-state index in [1.807, 2.05) is 48.2 Å². The Morgan fingerprint density at radius 1 is 1.03 bits per heavy atom. The molecule has 0 amide bonds. The summed E-state index contributed by atoms with van der Waals surface area (Å²) in [5, 5.41) is 5.56. The van der Waals surface area contributed by atoms with Crippen molar-refractivity contribution in [1.29, 1.82) is 0 Å². The quantitative estimate of drug-likeness (QED) is 0.196. The van der Waals surface area contributed by atoms with E-state index in [2.05, 4.69) is 36.3 Å². The first-order chi connectivity index (χ1) is 17.3. The Morgan fingerprint density at radius 2 is 1.81 bits per heavy atom. The number of hydrogen-bond acceptors (Lipinski definition) is 6. The van der Waals surface area contributed by atoms with Crippen molar-refractivity contribution in [1.82, 2.24) is 14.3 Å². The van der Waals surface area contributed by atoms with Crippen molar-refractivity contribution in [2.75, 3.05) is 6.61 Å². The van der Waals surface area contributed by atoms with Gasteiger partial charge in [0, 0.05) is 22.3 Å². The van der Waals surface area contributed by atoms with Crippen LogP contribution >= 0.6 is 11.3 Å².